The second kappa shape index (κ2) is 5.83. The normalized spacial score (nSPS) is 24.4. The Bertz CT molecular complexity index is 230. The minimum absolute atomic E-state index is 1.95. The maximum atomic E-state index is 13.2. The first-order valence-electron chi connectivity index (χ1n) is 3.57. The van der Waals surface area contributed by atoms with E-state index in [0.29, 0.717) is 0 Å². The zero-order chi connectivity index (χ0) is 13.3. The first kappa shape index (κ1) is 17.1. The topological polar surface area (TPSA) is 0 Å². The molecule has 0 aromatic heterocycles. The van der Waals surface area contributed by atoms with Gasteiger partial charge in [0.1, 0.15) is 0 Å². The summed E-state index contributed by atoms with van der Waals surface area (Å²) in [5.41, 5.74) is -2.36. The molecule has 0 aliphatic rings. The maximum Gasteiger partial charge on any atom is 0.372 e. The lowest BCUT2D eigenvalue weighted by atomic mass is 10.1. The molecular formula is C6H4Cl5F5. The molecule has 0 aliphatic carbocycles. The van der Waals surface area contributed by atoms with Gasteiger partial charge in [0, 0.05) is 0 Å². The Morgan fingerprint density at radius 3 is 1.44 bits per heavy atom. The van der Waals surface area contributed by atoms with Crippen molar-refractivity contribution in [1.29, 1.82) is 0 Å². The fourth-order valence-electron chi connectivity index (χ4n) is 0.657. The summed E-state index contributed by atoms with van der Waals surface area (Å²) >= 11 is 23.9. The molecule has 0 amide bonds. The minimum Gasteiger partial charge on any atom is -0.241 e. The van der Waals surface area contributed by atoms with Gasteiger partial charge in [-0.1, -0.05) is 23.2 Å². The summed E-state index contributed by atoms with van der Waals surface area (Å²) in [5.74, 6) is 0. The molecule has 0 fully saturated rings. The van der Waals surface area contributed by atoms with Crippen LogP contribution in [-0.2, 0) is 0 Å². The lowest BCUT2D eigenvalue weighted by molar-refractivity contribution is -0.0616. The van der Waals surface area contributed by atoms with Crippen molar-refractivity contribution in [2.24, 2.45) is 0 Å². The standard InChI is InChI=1S/C6H4Cl5F5/c7-1(2(8)4(9)13)3(12)5(10,14)6(11,15)16/h1-4H. The quantitative estimate of drug-likeness (QED) is 0.494. The summed E-state index contributed by atoms with van der Waals surface area (Å²) in [4.78, 5) is 0. The summed E-state index contributed by atoms with van der Waals surface area (Å²) < 4.78 is 63.4. The van der Waals surface area contributed by atoms with Crippen LogP contribution in [0.4, 0.5) is 22.0 Å². The highest BCUT2D eigenvalue weighted by Gasteiger charge is 2.61. The van der Waals surface area contributed by atoms with Crippen LogP contribution in [0.1, 0.15) is 0 Å². The molecule has 0 rings (SSSR count). The maximum absolute atomic E-state index is 13.2. The van der Waals surface area contributed by atoms with Crippen molar-refractivity contribution < 1.29 is 22.0 Å². The Balaban J connectivity index is 4.86. The predicted molar refractivity (Wildman–Crippen MR) is 55.4 cm³/mol. The van der Waals surface area contributed by atoms with Crippen LogP contribution in [0.15, 0.2) is 0 Å². The van der Waals surface area contributed by atoms with Gasteiger partial charge in [0.05, 0.1) is 10.8 Å². The summed E-state index contributed by atoms with van der Waals surface area (Å²) in [7, 11) is 0. The first-order chi connectivity index (χ1) is 6.93. The van der Waals surface area contributed by atoms with Crippen molar-refractivity contribution in [1.82, 2.24) is 0 Å². The van der Waals surface area contributed by atoms with Gasteiger partial charge in [0.15, 0.2) is 11.8 Å². The zero-order valence-electron chi connectivity index (χ0n) is 7.09. The Morgan fingerprint density at radius 1 is 0.812 bits per heavy atom. The summed E-state index contributed by atoms with van der Waals surface area (Å²) in [6.45, 7) is 0. The molecule has 0 spiro atoms. The highest BCUT2D eigenvalue weighted by Crippen LogP contribution is 2.46. The molecule has 0 radical (unpaired) electrons. The van der Waals surface area contributed by atoms with E-state index in [9.17, 15) is 22.0 Å². The molecule has 5 unspecified atom stereocenters. The summed E-state index contributed by atoms with van der Waals surface area (Å²) in [5, 5.41) is -13.2. The lowest BCUT2D eigenvalue weighted by Crippen LogP contribution is -2.50. The van der Waals surface area contributed by atoms with Crippen molar-refractivity contribution in [3.8, 4) is 0 Å². The number of halogens is 10. The van der Waals surface area contributed by atoms with E-state index in [1.165, 1.54) is 0 Å². The monoisotopic (exact) mass is 346 g/mol. The predicted octanol–water partition coefficient (Wildman–Crippen LogP) is 4.81. The van der Waals surface area contributed by atoms with Crippen molar-refractivity contribution in [3.63, 3.8) is 0 Å². The molecule has 0 aromatic carbocycles. The molecule has 0 aromatic rings. The molecule has 0 saturated heterocycles. The molecule has 0 nitrogen and oxygen atoms in total. The van der Waals surface area contributed by atoms with Gasteiger partial charge in [-0.3, -0.25) is 0 Å². The van der Waals surface area contributed by atoms with Gasteiger partial charge in [-0.2, -0.15) is 8.78 Å². The average Bonchev–Trinajstić information content (AvgIpc) is 2.12. The SMILES string of the molecule is FC(Cl)C(Cl)C(Cl)C(F)C(F)(Cl)C(F)(F)Cl. The van der Waals surface area contributed by atoms with Gasteiger partial charge in [-0.15, -0.1) is 23.2 Å². The molecule has 0 N–H and O–H groups in total. The number of rotatable bonds is 5. The zero-order valence-corrected chi connectivity index (χ0v) is 10.9. The average molecular weight is 348 g/mol. The molecule has 0 bridgehead atoms. The van der Waals surface area contributed by atoms with Crippen LogP contribution in [0.5, 0.6) is 0 Å². The molecule has 98 valence electrons. The van der Waals surface area contributed by atoms with Crippen LogP contribution in [-0.4, -0.2) is 33.1 Å². The Hall–Kier alpha value is 1.10. The smallest absolute Gasteiger partial charge is 0.241 e. The van der Waals surface area contributed by atoms with E-state index in [1.54, 1.807) is 0 Å². The molecule has 16 heavy (non-hydrogen) atoms. The van der Waals surface area contributed by atoms with Crippen molar-refractivity contribution in [2.45, 2.75) is 33.1 Å². The van der Waals surface area contributed by atoms with Crippen molar-refractivity contribution in [3.05, 3.63) is 0 Å². The van der Waals surface area contributed by atoms with E-state index in [4.69, 9.17) is 34.8 Å². The van der Waals surface area contributed by atoms with E-state index >= 15 is 0 Å². The van der Waals surface area contributed by atoms with Crippen LogP contribution in [0.3, 0.4) is 0 Å². The number of hydrogen-bond acceptors (Lipinski definition) is 0. The van der Waals surface area contributed by atoms with E-state index in [2.05, 4.69) is 23.2 Å². The van der Waals surface area contributed by atoms with Crippen LogP contribution < -0.4 is 0 Å². The van der Waals surface area contributed by atoms with E-state index in [0.717, 1.165) is 0 Å². The number of alkyl halides is 10. The van der Waals surface area contributed by atoms with E-state index < -0.39 is 33.1 Å². The van der Waals surface area contributed by atoms with Gasteiger partial charge in [0.2, 0.25) is 0 Å². The lowest BCUT2D eigenvalue weighted by Gasteiger charge is -2.30. The van der Waals surface area contributed by atoms with Crippen LogP contribution in [0.25, 0.3) is 0 Å². The fraction of sp³-hybridized carbons (Fsp3) is 1.00. The highest BCUT2D eigenvalue weighted by molar-refractivity contribution is 6.36. The Labute approximate surface area is 113 Å². The third-order valence-electron chi connectivity index (χ3n) is 1.55. The van der Waals surface area contributed by atoms with Gasteiger partial charge in [0.25, 0.3) is 5.13 Å². The highest BCUT2D eigenvalue weighted by atomic mass is 35.5. The summed E-state index contributed by atoms with van der Waals surface area (Å²) in [6.07, 6.45) is -3.22. The molecule has 10 heteroatoms. The van der Waals surface area contributed by atoms with Crippen LogP contribution in [0.2, 0.25) is 0 Å². The second-order valence-corrected chi connectivity index (χ2v) is 5.20. The largest absolute Gasteiger partial charge is 0.372 e. The van der Waals surface area contributed by atoms with Crippen LogP contribution in [0, 0.1) is 0 Å². The van der Waals surface area contributed by atoms with E-state index in [-0.39, 0.29) is 0 Å². The van der Waals surface area contributed by atoms with Gasteiger partial charge in [-0.05, 0) is 11.6 Å². The molecular weight excluding hydrogens is 344 g/mol. The third kappa shape index (κ3) is 3.80. The number of hydrogen-bond donors (Lipinski definition) is 0. The second-order valence-electron chi connectivity index (χ2n) is 2.75. The van der Waals surface area contributed by atoms with E-state index in [1.807, 2.05) is 0 Å². The minimum atomic E-state index is -4.74. The van der Waals surface area contributed by atoms with Gasteiger partial charge < -0.3 is 0 Å². The molecule has 0 aliphatic heterocycles. The molecule has 5 atom stereocenters. The molecule has 0 heterocycles. The summed E-state index contributed by atoms with van der Waals surface area (Å²) in [6, 6.07) is 0. The van der Waals surface area contributed by atoms with Crippen molar-refractivity contribution in [2.75, 3.05) is 0 Å². The Kier molecular flexibility index (Phi) is 6.23. The van der Waals surface area contributed by atoms with Crippen molar-refractivity contribution >= 4 is 58.0 Å². The van der Waals surface area contributed by atoms with Gasteiger partial charge in [-0.25, -0.2) is 13.2 Å². The third-order valence-corrected chi connectivity index (χ3v) is 3.88. The first-order valence-corrected chi connectivity index (χ1v) is 5.64. The molecule has 0 saturated carbocycles. The fourth-order valence-corrected chi connectivity index (χ4v) is 1.62. The Morgan fingerprint density at radius 2 is 1.19 bits per heavy atom. The van der Waals surface area contributed by atoms with Crippen LogP contribution >= 0.6 is 58.0 Å². The van der Waals surface area contributed by atoms with Gasteiger partial charge >= 0.3 is 5.38 Å².